The molecule has 0 bridgehead atoms. The smallest absolute Gasteiger partial charge is 0.435 e. The van der Waals surface area contributed by atoms with Crippen molar-refractivity contribution in [2.45, 2.75) is 6.18 Å². The minimum absolute atomic E-state index is 0.0583. The maximum absolute atomic E-state index is 12.7. The Hall–Kier alpha value is -2.25. The summed E-state index contributed by atoms with van der Waals surface area (Å²) in [6.45, 7) is 0. The number of halogens is 4. The first-order valence-corrected chi connectivity index (χ1v) is 5.02. The van der Waals surface area contributed by atoms with Crippen LogP contribution in [0.4, 0.5) is 17.6 Å². The molecule has 0 spiro atoms. The molecule has 100 valence electrons. The molecule has 4 nitrogen and oxygen atoms in total. The highest BCUT2D eigenvalue weighted by atomic mass is 19.4. The molecule has 2 aromatic rings. The summed E-state index contributed by atoms with van der Waals surface area (Å²) in [5, 5.41) is 6.54. The van der Waals surface area contributed by atoms with Crippen molar-refractivity contribution in [1.82, 2.24) is 15.2 Å². The molecule has 8 heteroatoms. The van der Waals surface area contributed by atoms with Crippen LogP contribution < -0.4 is 4.74 Å². The molecule has 2 rings (SSSR count). The lowest BCUT2D eigenvalue weighted by Gasteiger charge is -2.10. The third kappa shape index (κ3) is 2.78. The van der Waals surface area contributed by atoms with Gasteiger partial charge >= 0.3 is 6.18 Å². The molecule has 0 fully saturated rings. The van der Waals surface area contributed by atoms with E-state index >= 15 is 0 Å². The van der Waals surface area contributed by atoms with Crippen molar-refractivity contribution in [3.05, 3.63) is 36.0 Å². The molecule has 0 aliphatic heterocycles. The minimum atomic E-state index is -4.61. The lowest BCUT2D eigenvalue weighted by atomic mass is 10.2. The van der Waals surface area contributed by atoms with Gasteiger partial charge in [0.1, 0.15) is 11.4 Å². The summed E-state index contributed by atoms with van der Waals surface area (Å²) in [4.78, 5) is 3.39. The highest BCUT2D eigenvalue weighted by Crippen LogP contribution is 2.33. The molecule has 0 unspecified atom stereocenters. The fourth-order valence-electron chi connectivity index (χ4n) is 1.38. The quantitative estimate of drug-likeness (QED) is 0.623. The fraction of sp³-hybridized carbons (Fsp3) is 0.182. The van der Waals surface area contributed by atoms with Crippen LogP contribution in [0.25, 0.3) is 11.3 Å². The van der Waals surface area contributed by atoms with Crippen LogP contribution in [0.2, 0.25) is 0 Å². The Kier molecular flexibility index (Phi) is 3.32. The van der Waals surface area contributed by atoms with Crippen molar-refractivity contribution in [2.75, 3.05) is 7.11 Å². The summed E-state index contributed by atoms with van der Waals surface area (Å²) in [5.74, 6) is -0.821. The molecule has 2 heterocycles. The van der Waals surface area contributed by atoms with E-state index in [-0.39, 0.29) is 11.4 Å². The lowest BCUT2D eigenvalue weighted by Crippen LogP contribution is -2.10. The number of pyridine rings is 1. The van der Waals surface area contributed by atoms with E-state index < -0.39 is 17.8 Å². The van der Waals surface area contributed by atoms with Crippen LogP contribution in [0, 0.1) is 5.95 Å². The zero-order valence-corrected chi connectivity index (χ0v) is 9.57. The van der Waals surface area contributed by atoms with E-state index in [4.69, 9.17) is 4.74 Å². The Bertz CT molecular complexity index is 583. The molecule has 0 aromatic carbocycles. The lowest BCUT2D eigenvalue weighted by molar-refractivity contribution is -0.141. The molecule has 19 heavy (non-hydrogen) atoms. The van der Waals surface area contributed by atoms with Crippen molar-refractivity contribution in [1.29, 1.82) is 0 Å². The highest BCUT2D eigenvalue weighted by molar-refractivity contribution is 5.64. The summed E-state index contributed by atoms with van der Waals surface area (Å²) in [7, 11) is 1.21. The molecule has 0 radical (unpaired) electrons. The summed E-state index contributed by atoms with van der Waals surface area (Å²) in [6.07, 6.45) is -3.48. The number of nitrogens with zero attached hydrogens (tertiary/aromatic N) is 3. The SMILES string of the molecule is COc1cc(C(F)(F)F)nnc1-c1ccc(F)nc1. The van der Waals surface area contributed by atoms with E-state index in [1.165, 1.54) is 13.2 Å². The van der Waals surface area contributed by atoms with Crippen molar-refractivity contribution in [3.63, 3.8) is 0 Å². The summed E-state index contributed by atoms with van der Waals surface area (Å²) in [5.41, 5.74) is -0.800. The van der Waals surface area contributed by atoms with Crippen LogP contribution >= 0.6 is 0 Å². The standard InChI is InChI=1S/C11H7F4N3O/c1-19-7-4-8(11(13,14)15)17-18-10(7)6-2-3-9(12)16-5-6/h2-5H,1H3. The highest BCUT2D eigenvalue weighted by Gasteiger charge is 2.34. The monoisotopic (exact) mass is 273 g/mol. The van der Waals surface area contributed by atoms with E-state index in [9.17, 15) is 17.6 Å². The molecule has 0 saturated carbocycles. The van der Waals surface area contributed by atoms with E-state index in [0.717, 1.165) is 18.3 Å². The molecule has 0 aliphatic carbocycles. The molecular weight excluding hydrogens is 266 g/mol. The summed E-state index contributed by atoms with van der Waals surface area (Å²) in [6, 6.07) is 3.11. The number of ether oxygens (including phenoxy) is 1. The van der Waals surface area contributed by atoms with Gasteiger partial charge in [0.05, 0.1) is 7.11 Å². The molecule has 0 atom stereocenters. The molecular formula is C11H7F4N3O. The molecule has 0 saturated heterocycles. The second kappa shape index (κ2) is 4.79. The molecule has 0 amide bonds. The topological polar surface area (TPSA) is 47.9 Å². The van der Waals surface area contributed by atoms with Crippen molar-refractivity contribution >= 4 is 0 Å². The summed E-state index contributed by atoms with van der Waals surface area (Å²) < 4.78 is 54.9. The van der Waals surface area contributed by atoms with Crippen LogP contribution in [-0.2, 0) is 6.18 Å². The maximum Gasteiger partial charge on any atom is 0.435 e. The van der Waals surface area contributed by atoms with Gasteiger partial charge in [0, 0.05) is 17.8 Å². The number of hydrogen-bond acceptors (Lipinski definition) is 4. The average molecular weight is 273 g/mol. The van der Waals surface area contributed by atoms with Gasteiger partial charge < -0.3 is 4.74 Å². The Morgan fingerprint density at radius 1 is 1.16 bits per heavy atom. The van der Waals surface area contributed by atoms with Crippen LogP contribution in [0.15, 0.2) is 24.4 Å². The first-order chi connectivity index (χ1) is 8.91. The van der Waals surface area contributed by atoms with E-state index in [1.807, 2.05) is 0 Å². The predicted molar refractivity (Wildman–Crippen MR) is 56.8 cm³/mol. The number of alkyl halides is 3. The van der Waals surface area contributed by atoms with Gasteiger partial charge in [0.25, 0.3) is 0 Å². The first kappa shape index (κ1) is 13.2. The number of hydrogen-bond donors (Lipinski definition) is 0. The zero-order chi connectivity index (χ0) is 14.0. The van der Waals surface area contributed by atoms with Gasteiger partial charge in [-0.2, -0.15) is 17.6 Å². The van der Waals surface area contributed by atoms with Crippen LogP contribution in [0.1, 0.15) is 5.69 Å². The van der Waals surface area contributed by atoms with Gasteiger partial charge in [0.15, 0.2) is 5.69 Å². The Labute approximate surface area is 105 Å². The van der Waals surface area contributed by atoms with Gasteiger partial charge in [-0.1, -0.05) is 0 Å². The zero-order valence-electron chi connectivity index (χ0n) is 9.57. The van der Waals surface area contributed by atoms with Gasteiger partial charge in [0.2, 0.25) is 5.95 Å². The Morgan fingerprint density at radius 2 is 1.89 bits per heavy atom. The largest absolute Gasteiger partial charge is 0.494 e. The third-order valence-electron chi connectivity index (χ3n) is 2.27. The second-order valence-corrected chi connectivity index (χ2v) is 3.51. The van der Waals surface area contributed by atoms with Gasteiger partial charge in [-0.3, -0.25) is 0 Å². The van der Waals surface area contributed by atoms with Crippen molar-refractivity contribution in [3.8, 4) is 17.0 Å². The van der Waals surface area contributed by atoms with Crippen LogP contribution in [0.3, 0.4) is 0 Å². The maximum atomic E-state index is 12.7. The first-order valence-electron chi connectivity index (χ1n) is 5.02. The number of aromatic nitrogens is 3. The Morgan fingerprint density at radius 3 is 2.42 bits per heavy atom. The predicted octanol–water partition coefficient (Wildman–Crippen LogP) is 2.71. The summed E-state index contributed by atoms with van der Waals surface area (Å²) >= 11 is 0. The van der Waals surface area contributed by atoms with Gasteiger partial charge in [-0.05, 0) is 12.1 Å². The fourth-order valence-corrected chi connectivity index (χ4v) is 1.38. The third-order valence-corrected chi connectivity index (χ3v) is 2.27. The van der Waals surface area contributed by atoms with Crippen molar-refractivity contribution < 1.29 is 22.3 Å². The van der Waals surface area contributed by atoms with E-state index in [0.29, 0.717) is 5.56 Å². The molecule has 2 aromatic heterocycles. The number of methoxy groups -OCH3 is 1. The minimum Gasteiger partial charge on any atom is -0.494 e. The second-order valence-electron chi connectivity index (χ2n) is 3.51. The van der Waals surface area contributed by atoms with Crippen molar-refractivity contribution in [2.24, 2.45) is 0 Å². The normalized spacial score (nSPS) is 11.4. The molecule has 0 N–H and O–H groups in total. The Balaban J connectivity index is 2.50. The molecule has 0 aliphatic rings. The van der Waals surface area contributed by atoms with E-state index in [2.05, 4.69) is 15.2 Å². The van der Waals surface area contributed by atoms with Gasteiger partial charge in [-0.15, -0.1) is 10.2 Å². The number of rotatable bonds is 2. The van der Waals surface area contributed by atoms with E-state index in [1.54, 1.807) is 0 Å². The van der Waals surface area contributed by atoms with Crippen LogP contribution in [-0.4, -0.2) is 22.3 Å². The average Bonchev–Trinajstić information content (AvgIpc) is 2.38. The van der Waals surface area contributed by atoms with Gasteiger partial charge in [-0.25, -0.2) is 4.98 Å². The van der Waals surface area contributed by atoms with Crippen LogP contribution in [0.5, 0.6) is 5.75 Å².